The van der Waals surface area contributed by atoms with E-state index in [2.05, 4.69) is 10.6 Å². The molecule has 2 amide bonds. The number of amides is 2. The molecule has 3 N–H and O–H groups in total. The van der Waals surface area contributed by atoms with E-state index in [1.807, 2.05) is 6.92 Å². The number of carboxylic acid groups (broad SMARTS) is 1. The Kier molecular flexibility index (Phi) is 6.32. The number of hydrogen-bond donors (Lipinski definition) is 3. The molecule has 1 rings (SSSR count). The van der Waals surface area contributed by atoms with Crippen molar-refractivity contribution >= 4 is 17.7 Å². The van der Waals surface area contributed by atoms with Gasteiger partial charge in [0.1, 0.15) is 11.5 Å². The van der Waals surface area contributed by atoms with Crippen molar-refractivity contribution in [1.82, 2.24) is 5.32 Å². The number of hydrogen-bond acceptors (Lipinski definition) is 4. The molecule has 0 fully saturated rings. The summed E-state index contributed by atoms with van der Waals surface area (Å²) in [6.45, 7) is 2.14. The Hall–Kier alpha value is -2.44. The SMILES string of the molecule is COc1cc(NC(=O)NCCCC(=O)O)cc(OC)c1C. The summed E-state index contributed by atoms with van der Waals surface area (Å²) >= 11 is 0. The Balaban J connectivity index is 2.61. The van der Waals surface area contributed by atoms with Crippen molar-refractivity contribution in [3.8, 4) is 11.5 Å². The monoisotopic (exact) mass is 296 g/mol. The summed E-state index contributed by atoms with van der Waals surface area (Å²) in [6, 6.07) is 2.97. The summed E-state index contributed by atoms with van der Waals surface area (Å²) in [6.07, 6.45) is 0.399. The fraction of sp³-hybridized carbons (Fsp3) is 0.429. The standard InChI is InChI=1S/C14H20N2O5/c1-9-11(20-2)7-10(8-12(9)21-3)16-14(19)15-6-4-5-13(17)18/h7-8H,4-6H2,1-3H3,(H,17,18)(H2,15,16,19). The number of nitrogens with one attached hydrogen (secondary N) is 2. The van der Waals surface area contributed by atoms with Crippen LogP contribution in [0.1, 0.15) is 18.4 Å². The number of anilines is 1. The minimum Gasteiger partial charge on any atom is -0.496 e. The molecule has 0 saturated heterocycles. The Morgan fingerprint density at radius 3 is 2.24 bits per heavy atom. The summed E-state index contributed by atoms with van der Waals surface area (Å²) in [5.74, 6) is 0.330. The van der Waals surface area contributed by atoms with Gasteiger partial charge in [-0.15, -0.1) is 0 Å². The summed E-state index contributed by atoms with van der Waals surface area (Å²) in [7, 11) is 3.08. The molecule has 0 aliphatic carbocycles. The number of aliphatic carboxylic acids is 1. The lowest BCUT2D eigenvalue weighted by Gasteiger charge is -2.13. The van der Waals surface area contributed by atoms with E-state index in [1.165, 1.54) is 14.2 Å². The minimum atomic E-state index is -0.884. The number of carboxylic acids is 1. The normalized spacial score (nSPS) is 9.86. The molecule has 1 aromatic carbocycles. The van der Waals surface area contributed by atoms with Crippen LogP contribution in [0.15, 0.2) is 12.1 Å². The fourth-order valence-electron chi connectivity index (χ4n) is 1.78. The maximum absolute atomic E-state index is 11.7. The van der Waals surface area contributed by atoms with Gasteiger partial charge in [-0.2, -0.15) is 0 Å². The number of carbonyl (C=O) groups is 2. The van der Waals surface area contributed by atoms with Crippen LogP contribution in [0.25, 0.3) is 0 Å². The molecule has 116 valence electrons. The smallest absolute Gasteiger partial charge is 0.319 e. The highest BCUT2D eigenvalue weighted by Gasteiger charge is 2.10. The molecule has 0 unspecified atom stereocenters. The van der Waals surface area contributed by atoms with Gasteiger partial charge in [0, 0.05) is 36.3 Å². The quantitative estimate of drug-likeness (QED) is 0.669. The van der Waals surface area contributed by atoms with E-state index in [9.17, 15) is 9.59 Å². The number of carbonyl (C=O) groups excluding carboxylic acids is 1. The van der Waals surface area contributed by atoms with Gasteiger partial charge < -0.3 is 25.2 Å². The van der Waals surface area contributed by atoms with Gasteiger partial charge in [-0.05, 0) is 13.3 Å². The average Bonchev–Trinajstić information content (AvgIpc) is 2.45. The first-order valence-electron chi connectivity index (χ1n) is 6.47. The molecule has 0 spiro atoms. The van der Waals surface area contributed by atoms with Crippen molar-refractivity contribution in [2.45, 2.75) is 19.8 Å². The zero-order valence-electron chi connectivity index (χ0n) is 12.4. The van der Waals surface area contributed by atoms with Crippen molar-refractivity contribution < 1.29 is 24.2 Å². The molecular formula is C14H20N2O5. The number of rotatable bonds is 7. The van der Waals surface area contributed by atoms with Crippen LogP contribution in [0.5, 0.6) is 11.5 Å². The molecule has 21 heavy (non-hydrogen) atoms. The largest absolute Gasteiger partial charge is 0.496 e. The maximum Gasteiger partial charge on any atom is 0.319 e. The third kappa shape index (κ3) is 5.21. The third-order valence-corrected chi connectivity index (χ3v) is 2.86. The van der Waals surface area contributed by atoms with Crippen molar-refractivity contribution in [2.24, 2.45) is 0 Å². The summed E-state index contributed by atoms with van der Waals surface area (Å²) < 4.78 is 10.4. The van der Waals surface area contributed by atoms with Gasteiger partial charge in [0.2, 0.25) is 0 Å². The van der Waals surface area contributed by atoms with Gasteiger partial charge in [0.25, 0.3) is 0 Å². The average molecular weight is 296 g/mol. The highest BCUT2D eigenvalue weighted by atomic mass is 16.5. The van der Waals surface area contributed by atoms with Crippen molar-refractivity contribution in [2.75, 3.05) is 26.1 Å². The molecule has 0 radical (unpaired) electrons. The van der Waals surface area contributed by atoms with Crippen molar-refractivity contribution in [1.29, 1.82) is 0 Å². The molecular weight excluding hydrogens is 276 g/mol. The molecule has 7 nitrogen and oxygen atoms in total. The Labute approximate surface area is 123 Å². The van der Waals surface area contributed by atoms with E-state index in [1.54, 1.807) is 12.1 Å². The van der Waals surface area contributed by atoms with Gasteiger partial charge >= 0.3 is 12.0 Å². The second kappa shape index (κ2) is 7.98. The van der Waals surface area contributed by atoms with Crippen LogP contribution in [-0.4, -0.2) is 37.9 Å². The molecule has 0 heterocycles. The summed E-state index contributed by atoms with van der Waals surface area (Å²) in [5.41, 5.74) is 1.37. The number of urea groups is 1. The van der Waals surface area contributed by atoms with Gasteiger partial charge in [-0.3, -0.25) is 4.79 Å². The molecule has 0 aliphatic rings. The second-order valence-corrected chi connectivity index (χ2v) is 4.38. The van der Waals surface area contributed by atoms with Gasteiger partial charge in [0.05, 0.1) is 14.2 Å². The zero-order chi connectivity index (χ0) is 15.8. The molecule has 0 atom stereocenters. The lowest BCUT2D eigenvalue weighted by molar-refractivity contribution is -0.137. The van der Waals surface area contributed by atoms with E-state index >= 15 is 0 Å². The van der Waals surface area contributed by atoms with Gasteiger partial charge in [-0.1, -0.05) is 0 Å². The Morgan fingerprint density at radius 2 is 1.76 bits per heavy atom. The van der Waals surface area contributed by atoms with Crippen LogP contribution in [0.4, 0.5) is 10.5 Å². The lowest BCUT2D eigenvalue weighted by atomic mass is 10.2. The van der Waals surface area contributed by atoms with Crippen molar-refractivity contribution in [3.05, 3.63) is 17.7 Å². The first-order chi connectivity index (χ1) is 9.97. The van der Waals surface area contributed by atoms with Crippen LogP contribution in [-0.2, 0) is 4.79 Å². The minimum absolute atomic E-state index is 0.0203. The van der Waals surface area contributed by atoms with Crippen LogP contribution in [0, 0.1) is 6.92 Å². The predicted molar refractivity (Wildman–Crippen MR) is 78.2 cm³/mol. The van der Waals surface area contributed by atoms with Gasteiger partial charge in [0.15, 0.2) is 0 Å². The molecule has 0 saturated carbocycles. The van der Waals surface area contributed by atoms with E-state index in [-0.39, 0.29) is 13.0 Å². The van der Waals surface area contributed by atoms with E-state index in [0.29, 0.717) is 23.6 Å². The third-order valence-electron chi connectivity index (χ3n) is 2.86. The number of benzene rings is 1. The van der Waals surface area contributed by atoms with Gasteiger partial charge in [-0.25, -0.2) is 4.79 Å². The molecule has 1 aromatic rings. The maximum atomic E-state index is 11.7. The first kappa shape index (κ1) is 16.6. The highest BCUT2D eigenvalue weighted by Crippen LogP contribution is 2.31. The summed E-state index contributed by atoms with van der Waals surface area (Å²) in [5, 5.41) is 13.7. The van der Waals surface area contributed by atoms with E-state index in [0.717, 1.165) is 5.56 Å². The number of ether oxygens (including phenoxy) is 2. The molecule has 0 aromatic heterocycles. The second-order valence-electron chi connectivity index (χ2n) is 4.38. The fourth-order valence-corrected chi connectivity index (χ4v) is 1.78. The Morgan fingerprint density at radius 1 is 1.19 bits per heavy atom. The van der Waals surface area contributed by atoms with Crippen LogP contribution >= 0.6 is 0 Å². The molecule has 7 heteroatoms. The Bertz CT molecular complexity index is 491. The molecule has 0 aliphatic heterocycles. The van der Waals surface area contributed by atoms with Crippen LogP contribution < -0.4 is 20.1 Å². The zero-order valence-corrected chi connectivity index (χ0v) is 12.4. The first-order valence-corrected chi connectivity index (χ1v) is 6.47. The van der Waals surface area contributed by atoms with E-state index < -0.39 is 12.0 Å². The highest BCUT2D eigenvalue weighted by molar-refractivity contribution is 5.90. The van der Waals surface area contributed by atoms with Crippen LogP contribution in [0.2, 0.25) is 0 Å². The van der Waals surface area contributed by atoms with E-state index in [4.69, 9.17) is 14.6 Å². The lowest BCUT2D eigenvalue weighted by Crippen LogP contribution is -2.29. The summed E-state index contributed by atoms with van der Waals surface area (Å²) in [4.78, 5) is 22.0. The topological polar surface area (TPSA) is 96.9 Å². The predicted octanol–water partition coefficient (Wildman–Crippen LogP) is 2.00. The molecule has 0 bridgehead atoms. The number of methoxy groups -OCH3 is 2. The van der Waals surface area contributed by atoms with Crippen molar-refractivity contribution in [3.63, 3.8) is 0 Å². The van der Waals surface area contributed by atoms with Crippen LogP contribution in [0.3, 0.4) is 0 Å².